The van der Waals surface area contributed by atoms with Crippen LogP contribution in [0.25, 0.3) is 0 Å². The molecule has 0 fully saturated rings. The van der Waals surface area contributed by atoms with Crippen molar-refractivity contribution in [2.75, 3.05) is 23.8 Å². The van der Waals surface area contributed by atoms with Crippen LogP contribution in [0.3, 0.4) is 0 Å². The summed E-state index contributed by atoms with van der Waals surface area (Å²) in [5.41, 5.74) is 4.40. The third kappa shape index (κ3) is 4.16. The number of thiazole rings is 1. The van der Waals surface area contributed by atoms with E-state index in [2.05, 4.69) is 17.2 Å². The second-order valence-electron chi connectivity index (χ2n) is 4.76. The number of hydrogen-bond donors (Lipinski definition) is 1. The van der Waals surface area contributed by atoms with Crippen molar-refractivity contribution in [1.29, 1.82) is 0 Å². The van der Waals surface area contributed by atoms with Crippen molar-refractivity contribution < 1.29 is 4.92 Å². The van der Waals surface area contributed by atoms with Crippen LogP contribution in [0.4, 0.5) is 17.1 Å². The summed E-state index contributed by atoms with van der Waals surface area (Å²) in [6.07, 6.45) is 0.965. The second-order valence-corrected chi connectivity index (χ2v) is 5.48. The summed E-state index contributed by atoms with van der Waals surface area (Å²) < 4.78 is 0. The van der Waals surface area contributed by atoms with Gasteiger partial charge in [0.15, 0.2) is 0 Å². The number of non-ortho nitro benzene ring substituents is 1. The van der Waals surface area contributed by atoms with Gasteiger partial charge in [-0.05, 0) is 12.5 Å². The first-order valence-corrected chi connectivity index (χ1v) is 7.66. The maximum absolute atomic E-state index is 11.1. The Morgan fingerprint density at radius 1 is 1.43 bits per heavy atom. The molecule has 2 rings (SSSR count). The Morgan fingerprint density at radius 2 is 2.24 bits per heavy atom. The molecule has 0 aliphatic heterocycles. The molecule has 7 heteroatoms. The average molecular weight is 306 g/mol. The van der Waals surface area contributed by atoms with E-state index in [0.717, 1.165) is 30.0 Å². The predicted octanol–water partition coefficient (Wildman–Crippen LogP) is 3.51. The molecular formula is C14H18N4O2S. The maximum atomic E-state index is 11.1. The third-order valence-corrected chi connectivity index (χ3v) is 3.65. The first-order valence-electron chi connectivity index (χ1n) is 6.71. The van der Waals surface area contributed by atoms with E-state index in [-0.39, 0.29) is 10.6 Å². The quantitative estimate of drug-likeness (QED) is 0.626. The lowest BCUT2D eigenvalue weighted by molar-refractivity contribution is -0.384. The summed E-state index contributed by atoms with van der Waals surface area (Å²) in [6, 6.07) is 5.08. The number of hydrogen-bond acceptors (Lipinski definition) is 6. The standard InChI is InChI=1S/C14H18N4O2S/c1-3-4-15-11-5-13(7-14(6-11)18(19)20)17(2)8-12-9-21-10-16-12/h5-7,9-10,15H,3-4,8H2,1-2H3. The van der Waals surface area contributed by atoms with Gasteiger partial charge in [0.25, 0.3) is 5.69 Å². The van der Waals surface area contributed by atoms with Crippen LogP contribution in [0.2, 0.25) is 0 Å². The van der Waals surface area contributed by atoms with Crippen molar-refractivity contribution in [3.63, 3.8) is 0 Å². The van der Waals surface area contributed by atoms with Gasteiger partial charge in [0.05, 0.1) is 22.7 Å². The van der Waals surface area contributed by atoms with Gasteiger partial charge >= 0.3 is 0 Å². The molecule has 1 heterocycles. The topological polar surface area (TPSA) is 71.3 Å². The minimum atomic E-state index is -0.364. The van der Waals surface area contributed by atoms with Gasteiger partial charge in [-0.2, -0.15) is 0 Å². The van der Waals surface area contributed by atoms with Crippen molar-refractivity contribution >= 4 is 28.4 Å². The van der Waals surface area contributed by atoms with Crippen molar-refractivity contribution in [3.05, 3.63) is 44.9 Å². The van der Waals surface area contributed by atoms with Crippen LogP contribution in [0.1, 0.15) is 19.0 Å². The van der Waals surface area contributed by atoms with E-state index in [0.29, 0.717) is 6.54 Å². The van der Waals surface area contributed by atoms with Gasteiger partial charge in [-0.3, -0.25) is 10.1 Å². The molecule has 1 aromatic heterocycles. The highest BCUT2D eigenvalue weighted by atomic mass is 32.1. The molecule has 0 spiro atoms. The lowest BCUT2D eigenvalue weighted by atomic mass is 10.2. The summed E-state index contributed by atoms with van der Waals surface area (Å²) in [6.45, 7) is 3.47. The van der Waals surface area contributed by atoms with E-state index in [4.69, 9.17) is 0 Å². The molecule has 2 aromatic rings. The van der Waals surface area contributed by atoms with Gasteiger partial charge in [-0.25, -0.2) is 4.98 Å². The zero-order chi connectivity index (χ0) is 15.2. The highest BCUT2D eigenvalue weighted by Gasteiger charge is 2.13. The predicted molar refractivity (Wildman–Crippen MR) is 86.1 cm³/mol. The Kier molecular flexibility index (Phi) is 5.10. The number of aromatic nitrogens is 1. The smallest absolute Gasteiger partial charge is 0.273 e. The fourth-order valence-electron chi connectivity index (χ4n) is 1.94. The van der Waals surface area contributed by atoms with Crippen molar-refractivity contribution in [2.45, 2.75) is 19.9 Å². The van der Waals surface area contributed by atoms with Gasteiger partial charge < -0.3 is 10.2 Å². The molecule has 0 saturated heterocycles. The number of nitro benzene ring substituents is 1. The molecule has 1 N–H and O–H groups in total. The van der Waals surface area contributed by atoms with E-state index in [9.17, 15) is 10.1 Å². The molecule has 0 unspecified atom stereocenters. The van der Waals surface area contributed by atoms with E-state index in [1.807, 2.05) is 23.4 Å². The average Bonchev–Trinajstić information content (AvgIpc) is 2.97. The zero-order valence-corrected chi connectivity index (χ0v) is 12.9. The molecule has 0 aliphatic rings. The lowest BCUT2D eigenvalue weighted by Crippen LogP contribution is -2.17. The summed E-state index contributed by atoms with van der Waals surface area (Å²) in [5.74, 6) is 0. The zero-order valence-electron chi connectivity index (χ0n) is 12.1. The van der Waals surface area contributed by atoms with Crippen LogP contribution in [-0.4, -0.2) is 23.5 Å². The Hall–Kier alpha value is -2.15. The Labute approximate surface area is 127 Å². The Balaban J connectivity index is 2.23. The fraction of sp³-hybridized carbons (Fsp3) is 0.357. The molecular weight excluding hydrogens is 288 g/mol. The van der Waals surface area contributed by atoms with E-state index in [1.54, 1.807) is 29.0 Å². The number of anilines is 2. The molecule has 0 atom stereocenters. The lowest BCUT2D eigenvalue weighted by Gasteiger charge is -2.19. The molecule has 0 radical (unpaired) electrons. The van der Waals surface area contributed by atoms with Crippen LogP contribution >= 0.6 is 11.3 Å². The maximum Gasteiger partial charge on any atom is 0.273 e. The van der Waals surface area contributed by atoms with E-state index < -0.39 is 0 Å². The SMILES string of the molecule is CCCNc1cc(N(C)Cc2cscn2)cc([N+](=O)[O-])c1. The normalized spacial score (nSPS) is 10.4. The molecule has 0 aliphatic carbocycles. The van der Waals surface area contributed by atoms with Gasteiger partial charge in [-0.1, -0.05) is 6.92 Å². The fourth-order valence-corrected chi connectivity index (χ4v) is 2.49. The second kappa shape index (κ2) is 7.03. The van der Waals surface area contributed by atoms with Crippen LogP contribution < -0.4 is 10.2 Å². The van der Waals surface area contributed by atoms with Crippen molar-refractivity contribution in [1.82, 2.24) is 4.98 Å². The van der Waals surface area contributed by atoms with E-state index >= 15 is 0 Å². The molecule has 112 valence electrons. The van der Waals surface area contributed by atoms with E-state index in [1.165, 1.54) is 0 Å². The van der Waals surface area contributed by atoms with Crippen molar-refractivity contribution in [3.8, 4) is 0 Å². The summed E-state index contributed by atoms with van der Waals surface area (Å²) in [4.78, 5) is 16.9. The van der Waals surface area contributed by atoms with Crippen LogP contribution in [0.5, 0.6) is 0 Å². The number of nitrogens with one attached hydrogen (secondary N) is 1. The van der Waals surface area contributed by atoms with Crippen LogP contribution in [0, 0.1) is 10.1 Å². The minimum absolute atomic E-state index is 0.0937. The van der Waals surface area contributed by atoms with Gasteiger partial charge in [-0.15, -0.1) is 11.3 Å². The minimum Gasteiger partial charge on any atom is -0.385 e. The van der Waals surface area contributed by atoms with Gasteiger partial charge in [0.1, 0.15) is 0 Å². The molecule has 6 nitrogen and oxygen atoms in total. The Bertz CT molecular complexity index is 601. The highest BCUT2D eigenvalue weighted by Crippen LogP contribution is 2.27. The summed E-state index contributed by atoms with van der Waals surface area (Å²) >= 11 is 1.54. The number of benzene rings is 1. The Morgan fingerprint density at radius 3 is 2.86 bits per heavy atom. The largest absolute Gasteiger partial charge is 0.385 e. The summed E-state index contributed by atoms with van der Waals surface area (Å²) in [7, 11) is 1.90. The molecule has 1 aromatic carbocycles. The first kappa shape index (κ1) is 15.2. The molecule has 0 saturated carbocycles. The van der Waals surface area contributed by atoms with Gasteiger partial charge in [0.2, 0.25) is 0 Å². The molecule has 21 heavy (non-hydrogen) atoms. The number of nitro groups is 1. The molecule has 0 amide bonds. The van der Waals surface area contributed by atoms with Crippen molar-refractivity contribution in [2.24, 2.45) is 0 Å². The van der Waals surface area contributed by atoms with Crippen LogP contribution in [0.15, 0.2) is 29.1 Å². The number of rotatable bonds is 7. The van der Waals surface area contributed by atoms with Gasteiger partial charge in [0, 0.05) is 42.5 Å². The first-order chi connectivity index (χ1) is 10.1. The third-order valence-electron chi connectivity index (χ3n) is 3.02. The monoisotopic (exact) mass is 306 g/mol. The number of nitrogens with zero attached hydrogens (tertiary/aromatic N) is 3. The highest BCUT2D eigenvalue weighted by molar-refractivity contribution is 7.07. The summed E-state index contributed by atoms with van der Waals surface area (Å²) in [5, 5.41) is 16.2. The van der Waals surface area contributed by atoms with Crippen LogP contribution in [-0.2, 0) is 6.54 Å². The molecule has 0 bridgehead atoms.